The predicted octanol–water partition coefficient (Wildman–Crippen LogP) is 2.92. The van der Waals surface area contributed by atoms with Gasteiger partial charge in [-0.3, -0.25) is 4.98 Å². The highest BCUT2D eigenvalue weighted by atomic mass is 19.1. The third kappa shape index (κ3) is 5.15. The molecule has 2 rings (SSSR count). The monoisotopic (exact) mass is 314 g/mol. The van der Waals surface area contributed by atoms with Gasteiger partial charge in [0.2, 0.25) is 6.19 Å². The fourth-order valence-electron chi connectivity index (χ4n) is 2.19. The van der Waals surface area contributed by atoms with Crippen LogP contribution in [0.5, 0.6) is 0 Å². The molecule has 118 valence electrons. The van der Waals surface area contributed by atoms with E-state index in [4.69, 9.17) is 5.26 Å². The van der Waals surface area contributed by atoms with Gasteiger partial charge in [-0.25, -0.2) is 8.78 Å². The fourth-order valence-corrected chi connectivity index (χ4v) is 2.19. The van der Waals surface area contributed by atoms with Crippen LogP contribution in [0.25, 0.3) is 0 Å². The molecular formula is C17H16F2N4. The topological polar surface area (TPSA) is 61.1 Å². The van der Waals surface area contributed by atoms with Gasteiger partial charge in [-0.2, -0.15) is 10.3 Å². The fraction of sp³-hybridized carbons (Fsp3) is 0.235. The first-order valence-corrected chi connectivity index (χ1v) is 7.13. The number of nitriles is 1. The third-order valence-corrected chi connectivity index (χ3v) is 3.32. The number of hydrogen-bond donors (Lipinski definition) is 1. The number of amidine groups is 1. The first kappa shape index (κ1) is 16.6. The summed E-state index contributed by atoms with van der Waals surface area (Å²) >= 11 is 0. The van der Waals surface area contributed by atoms with E-state index in [2.05, 4.69) is 15.3 Å². The molecule has 0 aliphatic carbocycles. The van der Waals surface area contributed by atoms with Crippen LogP contribution in [0.15, 0.2) is 41.5 Å². The summed E-state index contributed by atoms with van der Waals surface area (Å²) in [5.74, 6) is -0.700. The summed E-state index contributed by atoms with van der Waals surface area (Å²) in [7, 11) is 0. The number of hydrogen-bond acceptors (Lipinski definition) is 3. The largest absolute Gasteiger partial charge is 0.372 e. The van der Waals surface area contributed by atoms with E-state index in [0.717, 1.165) is 17.3 Å². The maximum absolute atomic E-state index is 13.1. The Balaban J connectivity index is 1.97. The predicted molar refractivity (Wildman–Crippen MR) is 83.8 cm³/mol. The van der Waals surface area contributed by atoms with Gasteiger partial charge in [0.05, 0.1) is 0 Å². The molecule has 0 atom stereocenters. The Morgan fingerprint density at radius 1 is 1.30 bits per heavy atom. The zero-order valence-corrected chi connectivity index (χ0v) is 12.7. The first-order chi connectivity index (χ1) is 11.1. The molecule has 0 saturated heterocycles. The second kappa shape index (κ2) is 7.99. The van der Waals surface area contributed by atoms with E-state index < -0.39 is 11.6 Å². The summed E-state index contributed by atoms with van der Waals surface area (Å²) in [5, 5.41) is 11.8. The van der Waals surface area contributed by atoms with E-state index in [-0.39, 0.29) is 0 Å². The average Bonchev–Trinajstić information content (AvgIpc) is 2.49. The van der Waals surface area contributed by atoms with Crippen molar-refractivity contribution in [2.24, 2.45) is 4.99 Å². The molecule has 0 fully saturated rings. The molecule has 1 heterocycles. The van der Waals surface area contributed by atoms with Gasteiger partial charge in [0.25, 0.3) is 0 Å². The minimum atomic E-state index is -0.600. The van der Waals surface area contributed by atoms with E-state index >= 15 is 0 Å². The Morgan fingerprint density at radius 3 is 2.70 bits per heavy atom. The number of aromatic nitrogens is 1. The maximum atomic E-state index is 13.1. The molecule has 1 aromatic heterocycles. The molecule has 1 N–H and O–H groups in total. The molecule has 6 heteroatoms. The van der Waals surface area contributed by atoms with Crippen LogP contribution in [0, 0.1) is 30.0 Å². The zero-order valence-electron chi connectivity index (χ0n) is 12.7. The van der Waals surface area contributed by atoms with Gasteiger partial charge >= 0.3 is 0 Å². The van der Waals surface area contributed by atoms with Gasteiger partial charge in [-0.15, -0.1) is 0 Å². The molecule has 0 bridgehead atoms. The average molecular weight is 314 g/mol. The second-order valence-electron chi connectivity index (χ2n) is 5.04. The van der Waals surface area contributed by atoms with Crippen LogP contribution < -0.4 is 5.32 Å². The number of nitrogens with one attached hydrogen (secondary N) is 1. The Hall–Kier alpha value is -2.81. The highest BCUT2D eigenvalue weighted by molar-refractivity contribution is 5.85. The molecule has 2 aromatic rings. The van der Waals surface area contributed by atoms with E-state index in [9.17, 15) is 8.78 Å². The molecule has 0 amide bonds. The molecule has 0 aliphatic heterocycles. The third-order valence-electron chi connectivity index (χ3n) is 3.32. The lowest BCUT2D eigenvalue weighted by Crippen LogP contribution is -2.28. The Labute approximate surface area is 133 Å². The van der Waals surface area contributed by atoms with Crippen molar-refractivity contribution in [3.63, 3.8) is 0 Å². The molecule has 0 spiro atoms. The smallest absolute Gasteiger partial charge is 0.207 e. The molecule has 1 aromatic carbocycles. The van der Waals surface area contributed by atoms with Crippen molar-refractivity contribution in [1.29, 1.82) is 5.26 Å². The normalized spacial score (nSPS) is 11.1. The van der Waals surface area contributed by atoms with Crippen molar-refractivity contribution in [2.75, 3.05) is 6.54 Å². The lowest BCUT2D eigenvalue weighted by molar-refractivity contribution is 0.579. The number of benzene rings is 1. The van der Waals surface area contributed by atoms with Crippen molar-refractivity contribution < 1.29 is 8.78 Å². The summed E-state index contributed by atoms with van der Waals surface area (Å²) in [6, 6.07) is 7.15. The quantitative estimate of drug-likeness (QED) is 0.524. The lowest BCUT2D eigenvalue weighted by Gasteiger charge is -2.10. The minimum absolute atomic E-state index is 0.419. The van der Waals surface area contributed by atoms with Gasteiger partial charge in [0.1, 0.15) is 17.5 Å². The Morgan fingerprint density at radius 2 is 2.04 bits per heavy atom. The van der Waals surface area contributed by atoms with E-state index in [0.29, 0.717) is 30.8 Å². The Kier molecular flexibility index (Phi) is 5.75. The molecule has 0 saturated carbocycles. The van der Waals surface area contributed by atoms with Gasteiger partial charge in [0.15, 0.2) is 0 Å². The number of aryl methyl sites for hydroxylation is 1. The van der Waals surface area contributed by atoms with Crippen LogP contribution >= 0.6 is 0 Å². The van der Waals surface area contributed by atoms with Crippen molar-refractivity contribution >= 4 is 5.84 Å². The molecule has 4 nitrogen and oxygen atoms in total. The molecule has 23 heavy (non-hydrogen) atoms. The van der Waals surface area contributed by atoms with Crippen LogP contribution in [0.4, 0.5) is 8.78 Å². The van der Waals surface area contributed by atoms with Crippen LogP contribution in [0.1, 0.15) is 16.8 Å². The molecular weight excluding hydrogens is 298 g/mol. The summed E-state index contributed by atoms with van der Waals surface area (Å²) in [5.41, 5.74) is 2.38. The SMILES string of the molecule is Cc1ncccc1CC(=NC#N)NCCc1cc(F)cc(F)c1. The number of nitrogens with zero attached hydrogens (tertiary/aromatic N) is 3. The summed E-state index contributed by atoms with van der Waals surface area (Å²) in [6.45, 7) is 2.30. The van der Waals surface area contributed by atoms with Gasteiger partial charge in [0, 0.05) is 30.9 Å². The minimum Gasteiger partial charge on any atom is -0.372 e. The Bertz CT molecular complexity index is 730. The van der Waals surface area contributed by atoms with Crippen LogP contribution in [0.3, 0.4) is 0 Å². The standard InChI is InChI=1S/C17H16F2N4/c1-12-14(3-2-5-21-12)9-17(23-11-20)22-6-4-13-7-15(18)10-16(19)8-13/h2-3,5,7-8,10H,4,6,9H2,1H3,(H,22,23). The van der Waals surface area contributed by atoms with Crippen molar-refractivity contribution in [3.05, 3.63) is 65.0 Å². The van der Waals surface area contributed by atoms with E-state index in [1.165, 1.54) is 12.1 Å². The van der Waals surface area contributed by atoms with Crippen LogP contribution in [-0.4, -0.2) is 17.4 Å². The van der Waals surface area contributed by atoms with Crippen molar-refractivity contribution in [3.8, 4) is 6.19 Å². The van der Waals surface area contributed by atoms with E-state index in [1.54, 1.807) is 12.4 Å². The molecule has 0 unspecified atom stereocenters. The van der Waals surface area contributed by atoms with E-state index in [1.807, 2.05) is 19.1 Å². The molecule has 0 radical (unpaired) electrons. The van der Waals surface area contributed by atoms with Gasteiger partial charge in [-0.1, -0.05) is 6.07 Å². The van der Waals surface area contributed by atoms with Crippen LogP contribution in [-0.2, 0) is 12.8 Å². The summed E-state index contributed by atoms with van der Waals surface area (Å²) in [4.78, 5) is 7.95. The first-order valence-electron chi connectivity index (χ1n) is 7.13. The van der Waals surface area contributed by atoms with Crippen molar-refractivity contribution in [1.82, 2.24) is 10.3 Å². The maximum Gasteiger partial charge on any atom is 0.207 e. The molecule has 0 aliphatic rings. The zero-order chi connectivity index (χ0) is 16.7. The van der Waals surface area contributed by atoms with Crippen LogP contribution in [0.2, 0.25) is 0 Å². The number of rotatable bonds is 5. The van der Waals surface area contributed by atoms with Crippen molar-refractivity contribution in [2.45, 2.75) is 19.8 Å². The highest BCUT2D eigenvalue weighted by Crippen LogP contribution is 2.08. The summed E-state index contributed by atoms with van der Waals surface area (Å²) < 4.78 is 26.3. The second-order valence-corrected chi connectivity index (χ2v) is 5.04. The lowest BCUT2D eigenvalue weighted by atomic mass is 10.1. The number of aliphatic imine (C=N–C) groups is 1. The number of halogens is 2. The highest BCUT2D eigenvalue weighted by Gasteiger charge is 2.06. The van der Waals surface area contributed by atoms with Gasteiger partial charge < -0.3 is 5.32 Å². The van der Waals surface area contributed by atoms with Gasteiger partial charge in [-0.05, 0) is 42.7 Å². The number of pyridine rings is 1. The summed E-state index contributed by atoms with van der Waals surface area (Å²) in [6.07, 6.45) is 4.33.